The van der Waals surface area contributed by atoms with E-state index in [0.29, 0.717) is 32.7 Å². The van der Waals surface area contributed by atoms with Crippen LogP contribution in [0.3, 0.4) is 0 Å². The lowest BCUT2D eigenvalue weighted by atomic mass is 10.1. The maximum Gasteiger partial charge on any atom is 0.303 e. The number of aryl methyl sites for hydroxylation is 4. The van der Waals surface area contributed by atoms with Gasteiger partial charge in [0.15, 0.2) is 0 Å². The summed E-state index contributed by atoms with van der Waals surface area (Å²) < 4.78 is 28.4. The molecule has 0 radical (unpaired) electrons. The number of fused-ring (bicyclic) bond motifs is 1. The summed E-state index contributed by atoms with van der Waals surface area (Å²) >= 11 is 6.05. The topological polar surface area (TPSA) is 76.4 Å². The molecule has 0 amide bonds. The van der Waals surface area contributed by atoms with Crippen molar-refractivity contribution in [3.05, 3.63) is 63.8 Å². The van der Waals surface area contributed by atoms with E-state index in [2.05, 4.69) is 0 Å². The molecule has 0 saturated carbocycles. The molecule has 5 nitrogen and oxygen atoms in total. The molecule has 7 heteroatoms. The highest BCUT2D eigenvalue weighted by Gasteiger charge is 2.26. The van der Waals surface area contributed by atoms with E-state index in [0.717, 1.165) is 5.56 Å². The highest BCUT2D eigenvalue weighted by Crippen LogP contribution is 2.31. The zero-order valence-electron chi connectivity index (χ0n) is 15.3. The van der Waals surface area contributed by atoms with Gasteiger partial charge in [0, 0.05) is 16.1 Å². The standard InChI is InChI=1S/C20H20ClNO4S/c1-12-8-13(2)20(14(3)9-12)27(25,26)22-17(5-7-19(23)24)11-15-10-16(21)4-6-18(15)22/h4,6,8-11H,5,7H2,1-3H3,(H,23,24). The van der Waals surface area contributed by atoms with Crippen molar-refractivity contribution in [1.29, 1.82) is 0 Å². The number of carboxylic acids is 1. The predicted molar refractivity (Wildman–Crippen MR) is 106 cm³/mol. The lowest BCUT2D eigenvalue weighted by Crippen LogP contribution is -2.18. The largest absolute Gasteiger partial charge is 0.481 e. The molecule has 0 bridgehead atoms. The Morgan fingerprint density at radius 1 is 1.07 bits per heavy atom. The van der Waals surface area contributed by atoms with E-state index in [1.807, 2.05) is 19.1 Å². The van der Waals surface area contributed by atoms with Gasteiger partial charge in [-0.15, -0.1) is 0 Å². The average Bonchev–Trinajstić information content (AvgIpc) is 2.89. The first kappa shape index (κ1) is 19.5. The first-order valence-corrected chi connectivity index (χ1v) is 10.3. The van der Waals surface area contributed by atoms with Gasteiger partial charge in [0.1, 0.15) is 0 Å². The molecule has 27 heavy (non-hydrogen) atoms. The van der Waals surface area contributed by atoms with Crippen LogP contribution in [0.4, 0.5) is 0 Å². The van der Waals surface area contributed by atoms with Gasteiger partial charge in [-0.25, -0.2) is 12.4 Å². The van der Waals surface area contributed by atoms with Crippen molar-refractivity contribution in [2.45, 2.75) is 38.5 Å². The number of hydrogen-bond acceptors (Lipinski definition) is 3. The predicted octanol–water partition coefficient (Wildman–Crippen LogP) is 4.47. The van der Waals surface area contributed by atoms with Crippen molar-refractivity contribution in [3.8, 4) is 0 Å². The molecule has 0 fully saturated rings. The van der Waals surface area contributed by atoms with Gasteiger partial charge in [-0.1, -0.05) is 29.3 Å². The Morgan fingerprint density at radius 3 is 2.30 bits per heavy atom. The summed E-state index contributed by atoms with van der Waals surface area (Å²) in [5, 5.41) is 10.2. The number of nitrogens with zero attached hydrogens (tertiary/aromatic N) is 1. The Hall–Kier alpha value is -2.31. The molecule has 0 unspecified atom stereocenters. The number of carboxylic acid groups (broad SMARTS) is 1. The molecule has 1 aromatic heterocycles. The van der Waals surface area contributed by atoms with Gasteiger partial charge in [0.05, 0.1) is 16.8 Å². The van der Waals surface area contributed by atoms with Crippen LogP contribution in [0.15, 0.2) is 41.3 Å². The number of aliphatic carboxylic acids is 1. The molecule has 0 aliphatic carbocycles. The molecule has 142 valence electrons. The van der Waals surface area contributed by atoms with E-state index in [4.69, 9.17) is 16.7 Å². The lowest BCUT2D eigenvalue weighted by Gasteiger charge is -2.16. The molecule has 2 aromatic carbocycles. The third kappa shape index (κ3) is 3.59. The maximum absolute atomic E-state index is 13.6. The Labute approximate surface area is 163 Å². The quantitative estimate of drug-likeness (QED) is 0.679. The Balaban J connectivity index is 2.31. The fourth-order valence-electron chi connectivity index (χ4n) is 3.58. The summed E-state index contributed by atoms with van der Waals surface area (Å²) in [5.74, 6) is -0.982. The van der Waals surface area contributed by atoms with Crippen LogP contribution in [-0.4, -0.2) is 23.5 Å². The monoisotopic (exact) mass is 405 g/mol. The van der Waals surface area contributed by atoms with E-state index in [-0.39, 0.29) is 17.7 Å². The molecule has 3 aromatic rings. The van der Waals surface area contributed by atoms with E-state index in [1.165, 1.54) is 3.97 Å². The van der Waals surface area contributed by atoms with Crippen LogP contribution in [-0.2, 0) is 21.2 Å². The molecule has 0 spiro atoms. The van der Waals surface area contributed by atoms with Crippen LogP contribution in [0.5, 0.6) is 0 Å². The van der Waals surface area contributed by atoms with Crippen molar-refractivity contribution in [2.24, 2.45) is 0 Å². The second-order valence-electron chi connectivity index (χ2n) is 6.73. The van der Waals surface area contributed by atoms with Crippen LogP contribution in [0.25, 0.3) is 10.9 Å². The molecular weight excluding hydrogens is 386 g/mol. The SMILES string of the molecule is Cc1cc(C)c(S(=O)(=O)n2c(CCC(=O)O)cc3cc(Cl)ccc32)c(C)c1. The van der Waals surface area contributed by atoms with Gasteiger partial charge < -0.3 is 5.11 Å². The third-order valence-electron chi connectivity index (χ3n) is 4.49. The Bertz CT molecular complexity index is 1140. The minimum Gasteiger partial charge on any atom is -0.481 e. The molecule has 0 atom stereocenters. The highest BCUT2D eigenvalue weighted by molar-refractivity contribution is 7.90. The van der Waals surface area contributed by atoms with Gasteiger partial charge in [0.25, 0.3) is 10.0 Å². The summed E-state index contributed by atoms with van der Waals surface area (Å²) in [4.78, 5) is 11.3. The number of hydrogen-bond donors (Lipinski definition) is 1. The number of rotatable bonds is 5. The maximum atomic E-state index is 13.6. The second-order valence-corrected chi connectivity index (χ2v) is 8.89. The normalized spacial score (nSPS) is 11.9. The van der Waals surface area contributed by atoms with E-state index in [9.17, 15) is 13.2 Å². The molecule has 0 aliphatic heterocycles. The molecule has 0 aliphatic rings. The molecule has 1 N–H and O–H groups in total. The number of benzene rings is 2. The highest BCUT2D eigenvalue weighted by atomic mass is 35.5. The summed E-state index contributed by atoms with van der Waals surface area (Å²) in [7, 11) is -3.91. The number of carbonyl (C=O) groups is 1. The zero-order chi connectivity index (χ0) is 19.9. The molecule has 1 heterocycles. The van der Waals surface area contributed by atoms with Crippen molar-refractivity contribution >= 4 is 38.5 Å². The minimum absolute atomic E-state index is 0.102. The van der Waals surface area contributed by atoms with Crippen LogP contribution >= 0.6 is 11.6 Å². The summed E-state index contributed by atoms with van der Waals surface area (Å²) in [6, 6.07) is 10.3. The van der Waals surface area contributed by atoms with Gasteiger partial charge in [-0.05, 0) is 62.6 Å². The molecule has 3 rings (SSSR count). The fourth-order valence-corrected chi connectivity index (χ4v) is 5.75. The van der Waals surface area contributed by atoms with Crippen molar-refractivity contribution in [2.75, 3.05) is 0 Å². The van der Waals surface area contributed by atoms with Gasteiger partial charge in [-0.2, -0.15) is 0 Å². The number of aromatic nitrogens is 1. The summed E-state index contributed by atoms with van der Waals surface area (Å²) in [5.41, 5.74) is 3.22. The first-order valence-electron chi connectivity index (χ1n) is 8.46. The van der Waals surface area contributed by atoms with E-state index in [1.54, 1.807) is 38.1 Å². The summed E-state index contributed by atoms with van der Waals surface area (Å²) in [6.07, 6.45) is -0.0593. The molecular formula is C20H20ClNO4S. The Morgan fingerprint density at radius 2 is 1.70 bits per heavy atom. The van der Waals surface area contributed by atoms with Crippen LogP contribution in [0.2, 0.25) is 5.02 Å². The van der Waals surface area contributed by atoms with E-state index >= 15 is 0 Å². The van der Waals surface area contributed by atoms with Crippen molar-refractivity contribution in [1.82, 2.24) is 3.97 Å². The van der Waals surface area contributed by atoms with Crippen LogP contribution in [0, 0.1) is 20.8 Å². The first-order chi connectivity index (χ1) is 12.6. The fraction of sp³-hybridized carbons (Fsp3) is 0.250. The zero-order valence-corrected chi connectivity index (χ0v) is 16.9. The van der Waals surface area contributed by atoms with Gasteiger partial charge >= 0.3 is 5.97 Å². The van der Waals surface area contributed by atoms with Crippen LogP contribution in [0.1, 0.15) is 28.8 Å². The van der Waals surface area contributed by atoms with Crippen molar-refractivity contribution < 1.29 is 18.3 Å². The number of halogens is 1. The van der Waals surface area contributed by atoms with Crippen molar-refractivity contribution in [3.63, 3.8) is 0 Å². The lowest BCUT2D eigenvalue weighted by molar-refractivity contribution is -0.136. The summed E-state index contributed by atoms with van der Waals surface area (Å²) in [6.45, 7) is 5.46. The Kier molecular flexibility index (Phi) is 5.06. The van der Waals surface area contributed by atoms with Gasteiger partial charge in [-0.3, -0.25) is 4.79 Å². The van der Waals surface area contributed by atoms with E-state index < -0.39 is 16.0 Å². The van der Waals surface area contributed by atoms with Gasteiger partial charge in [0.2, 0.25) is 0 Å². The second kappa shape index (κ2) is 7.02. The minimum atomic E-state index is -3.91. The smallest absolute Gasteiger partial charge is 0.303 e. The third-order valence-corrected chi connectivity index (χ3v) is 6.80. The van der Waals surface area contributed by atoms with Crippen LogP contribution < -0.4 is 0 Å². The average molecular weight is 406 g/mol. The molecule has 0 saturated heterocycles.